The zero-order valence-corrected chi connectivity index (χ0v) is 7.58. The van der Waals surface area contributed by atoms with E-state index in [9.17, 15) is 4.79 Å². The van der Waals surface area contributed by atoms with E-state index in [1.54, 1.807) is 13.1 Å². The van der Waals surface area contributed by atoms with Gasteiger partial charge in [0.05, 0.1) is 13.7 Å². The first kappa shape index (κ1) is 11.1. The van der Waals surface area contributed by atoms with Crippen LogP contribution in [0.4, 0.5) is 0 Å². The highest BCUT2D eigenvalue weighted by Crippen LogP contribution is 1.88. The molecule has 0 unspecified atom stereocenters. The summed E-state index contributed by atoms with van der Waals surface area (Å²) in [6.07, 6.45) is 2.49. The molecular weight excluding hydrogens is 158 g/mol. The summed E-state index contributed by atoms with van der Waals surface area (Å²) in [5, 5.41) is 1.13. The largest absolute Gasteiger partial charge is 0.371 e. The molecule has 0 aliphatic carbocycles. The van der Waals surface area contributed by atoms with Gasteiger partial charge in [-0.2, -0.15) is 0 Å². The van der Waals surface area contributed by atoms with Crippen molar-refractivity contribution in [2.45, 2.75) is 6.42 Å². The Bertz CT molecular complexity index is 147. The van der Waals surface area contributed by atoms with Gasteiger partial charge < -0.3 is 4.74 Å². The van der Waals surface area contributed by atoms with Crippen LogP contribution >= 0.6 is 0 Å². The molecule has 0 aliphatic heterocycles. The van der Waals surface area contributed by atoms with Crippen molar-refractivity contribution in [1.29, 1.82) is 0 Å². The molecule has 0 aromatic carbocycles. The molecule has 0 atom stereocenters. The molecule has 4 heteroatoms. The van der Waals surface area contributed by atoms with Gasteiger partial charge in [0.1, 0.15) is 6.61 Å². The van der Waals surface area contributed by atoms with Crippen molar-refractivity contribution >= 4 is 5.91 Å². The molecule has 0 N–H and O–H groups in total. The van der Waals surface area contributed by atoms with Crippen LogP contribution in [0, 0.1) is 0 Å². The summed E-state index contributed by atoms with van der Waals surface area (Å²) in [5.41, 5.74) is 0. The van der Waals surface area contributed by atoms with Crippen molar-refractivity contribution in [3.63, 3.8) is 0 Å². The summed E-state index contributed by atoms with van der Waals surface area (Å²) >= 11 is 0. The molecular formula is C8H15NO3. The molecule has 0 heterocycles. The SMILES string of the molecule is C=CCCOCC(=O)N(C)OC. The molecule has 0 fully saturated rings. The number of rotatable bonds is 6. The van der Waals surface area contributed by atoms with Crippen molar-refractivity contribution in [2.24, 2.45) is 0 Å². The summed E-state index contributed by atoms with van der Waals surface area (Å²) in [4.78, 5) is 15.6. The number of hydroxylamine groups is 2. The summed E-state index contributed by atoms with van der Waals surface area (Å²) < 4.78 is 5.02. The molecule has 0 aliphatic rings. The first-order valence-electron chi connectivity index (χ1n) is 3.71. The topological polar surface area (TPSA) is 38.8 Å². The normalized spacial score (nSPS) is 9.50. The first-order valence-corrected chi connectivity index (χ1v) is 3.71. The Balaban J connectivity index is 3.37. The van der Waals surface area contributed by atoms with E-state index < -0.39 is 0 Å². The molecule has 1 amide bonds. The second-order valence-electron chi connectivity index (χ2n) is 2.20. The van der Waals surface area contributed by atoms with Crippen LogP contribution < -0.4 is 0 Å². The van der Waals surface area contributed by atoms with Gasteiger partial charge in [0.25, 0.3) is 5.91 Å². The fourth-order valence-electron chi connectivity index (χ4n) is 0.519. The quantitative estimate of drug-likeness (QED) is 0.335. The molecule has 0 spiro atoms. The van der Waals surface area contributed by atoms with Crippen molar-refractivity contribution in [2.75, 3.05) is 27.4 Å². The summed E-state index contributed by atoms with van der Waals surface area (Å²) in [6.45, 7) is 4.10. The fourth-order valence-corrected chi connectivity index (χ4v) is 0.519. The third-order valence-electron chi connectivity index (χ3n) is 1.32. The van der Waals surface area contributed by atoms with Crippen LogP contribution in [-0.2, 0) is 14.4 Å². The average molecular weight is 173 g/mol. The van der Waals surface area contributed by atoms with Crippen LogP contribution in [0.15, 0.2) is 12.7 Å². The highest BCUT2D eigenvalue weighted by Gasteiger charge is 2.06. The Morgan fingerprint density at radius 3 is 2.83 bits per heavy atom. The lowest BCUT2D eigenvalue weighted by Crippen LogP contribution is -2.29. The molecule has 0 saturated heterocycles. The Morgan fingerprint density at radius 2 is 2.33 bits per heavy atom. The molecule has 0 rings (SSSR count). The van der Waals surface area contributed by atoms with E-state index >= 15 is 0 Å². The van der Waals surface area contributed by atoms with Gasteiger partial charge in [-0.25, -0.2) is 5.06 Å². The number of nitrogens with zero attached hydrogens (tertiary/aromatic N) is 1. The van der Waals surface area contributed by atoms with E-state index in [-0.39, 0.29) is 12.5 Å². The molecule has 0 radical (unpaired) electrons. The fraction of sp³-hybridized carbons (Fsp3) is 0.625. The number of amides is 1. The highest BCUT2D eigenvalue weighted by molar-refractivity contribution is 5.75. The molecule has 70 valence electrons. The highest BCUT2D eigenvalue weighted by atomic mass is 16.7. The van der Waals surface area contributed by atoms with Gasteiger partial charge in [-0.3, -0.25) is 9.63 Å². The zero-order chi connectivity index (χ0) is 9.40. The van der Waals surface area contributed by atoms with E-state index in [0.29, 0.717) is 6.61 Å². The van der Waals surface area contributed by atoms with Gasteiger partial charge in [-0.05, 0) is 6.42 Å². The molecule has 4 nitrogen and oxygen atoms in total. The average Bonchev–Trinajstić information content (AvgIpc) is 2.10. The molecule has 12 heavy (non-hydrogen) atoms. The summed E-state index contributed by atoms with van der Waals surface area (Å²) in [5.74, 6) is -0.193. The number of hydrogen-bond donors (Lipinski definition) is 0. The van der Waals surface area contributed by atoms with E-state index in [0.717, 1.165) is 11.5 Å². The van der Waals surface area contributed by atoms with E-state index in [1.807, 2.05) is 0 Å². The van der Waals surface area contributed by atoms with Crippen LogP contribution in [0.5, 0.6) is 0 Å². The second-order valence-corrected chi connectivity index (χ2v) is 2.20. The van der Waals surface area contributed by atoms with Gasteiger partial charge in [0.2, 0.25) is 0 Å². The lowest BCUT2D eigenvalue weighted by molar-refractivity contribution is -0.173. The third-order valence-corrected chi connectivity index (χ3v) is 1.32. The third kappa shape index (κ3) is 4.87. The minimum absolute atomic E-state index is 0.0537. The maximum atomic E-state index is 11.0. The Labute approximate surface area is 72.7 Å². The van der Waals surface area contributed by atoms with Crippen molar-refractivity contribution in [3.8, 4) is 0 Å². The van der Waals surface area contributed by atoms with Gasteiger partial charge in [-0.15, -0.1) is 6.58 Å². The number of carbonyl (C=O) groups excluding carboxylic acids is 1. The number of hydrogen-bond acceptors (Lipinski definition) is 3. The molecule has 0 aromatic rings. The predicted octanol–water partition coefficient (Wildman–Crippen LogP) is 0.599. The molecule has 0 aromatic heterocycles. The van der Waals surface area contributed by atoms with Gasteiger partial charge >= 0.3 is 0 Å². The number of likely N-dealkylation sites (N-methyl/N-ethyl adjacent to an activating group) is 1. The zero-order valence-electron chi connectivity index (χ0n) is 7.58. The minimum Gasteiger partial charge on any atom is -0.371 e. The van der Waals surface area contributed by atoms with Gasteiger partial charge in [0.15, 0.2) is 0 Å². The van der Waals surface area contributed by atoms with E-state index in [1.165, 1.54) is 7.11 Å². The number of ether oxygens (including phenoxy) is 1. The van der Waals surface area contributed by atoms with Gasteiger partial charge in [0, 0.05) is 7.05 Å². The standard InChI is InChI=1S/C8H15NO3/c1-4-5-6-12-7-8(10)9(2)11-3/h4H,1,5-7H2,2-3H3. The Hall–Kier alpha value is -0.870. The first-order chi connectivity index (χ1) is 5.72. The molecule has 0 bridgehead atoms. The minimum atomic E-state index is -0.193. The van der Waals surface area contributed by atoms with E-state index in [2.05, 4.69) is 11.4 Å². The van der Waals surface area contributed by atoms with Crippen molar-refractivity contribution < 1.29 is 14.4 Å². The lowest BCUT2D eigenvalue weighted by Gasteiger charge is -2.12. The molecule has 0 saturated carbocycles. The second kappa shape index (κ2) is 6.82. The number of carbonyl (C=O) groups is 1. The van der Waals surface area contributed by atoms with Crippen molar-refractivity contribution in [1.82, 2.24) is 5.06 Å². The van der Waals surface area contributed by atoms with E-state index in [4.69, 9.17) is 4.74 Å². The van der Waals surface area contributed by atoms with Crippen molar-refractivity contribution in [3.05, 3.63) is 12.7 Å². The van der Waals surface area contributed by atoms with Crippen LogP contribution in [0.1, 0.15) is 6.42 Å². The smallest absolute Gasteiger partial charge is 0.271 e. The monoisotopic (exact) mass is 173 g/mol. The van der Waals surface area contributed by atoms with Crippen LogP contribution in [0.25, 0.3) is 0 Å². The Kier molecular flexibility index (Phi) is 6.32. The lowest BCUT2D eigenvalue weighted by atomic mass is 10.4. The van der Waals surface area contributed by atoms with Crippen LogP contribution in [0.2, 0.25) is 0 Å². The summed E-state index contributed by atoms with van der Waals surface area (Å²) in [7, 11) is 2.97. The maximum Gasteiger partial charge on any atom is 0.271 e. The Morgan fingerprint density at radius 1 is 1.67 bits per heavy atom. The van der Waals surface area contributed by atoms with Crippen LogP contribution in [-0.4, -0.2) is 38.3 Å². The predicted molar refractivity (Wildman–Crippen MR) is 45.4 cm³/mol. The van der Waals surface area contributed by atoms with Crippen LogP contribution in [0.3, 0.4) is 0 Å². The van der Waals surface area contributed by atoms with Gasteiger partial charge in [-0.1, -0.05) is 6.08 Å². The summed E-state index contributed by atoms with van der Waals surface area (Å²) in [6, 6.07) is 0. The maximum absolute atomic E-state index is 11.0.